The smallest absolute Gasteiger partial charge is 0.161 e. The Balaban J connectivity index is 1.62. The molecule has 0 saturated heterocycles. The molecule has 0 bridgehead atoms. The first-order valence-electron chi connectivity index (χ1n) is 9.29. The van der Waals surface area contributed by atoms with Crippen LogP contribution < -0.4 is 14.9 Å². The molecule has 0 spiro atoms. The zero-order valence-electron chi connectivity index (χ0n) is 16.1. The molecule has 0 fully saturated rings. The molecule has 0 aliphatic heterocycles. The van der Waals surface area contributed by atoms with E-state index in [0.29, 0.717) is 36.3 Å². The molecular formula is C23H22Cl2N2O2. The monoisotopic (exact) mass is 428 g/mol. The normalized spacial score (nSPS) is 10.9. The van der Waals surface area contributed by atoms with E-state index in [9.17, 15) is 0 Å². The topological polar surface area (TPSA) is 42.8 Å². The first-order valence-corrected chi connectivity index (χ1v) is 10.0. The minimum atomic E-state index is 0.371. The third-order valence-electron chi connectivity index (χ3n) is 4.11. The third-order valence-corrected chi connectivity index (χ3v) is 4.73. The van der Waals surface area contributed by atoms with Crippen molar-refractivity contribution in [2.75, 3.05) is 6.61 Å². The number of nitrogens with zero attached hydrogens (tertiary/aromatic N) is 1. The first kappa shape index (κ1) is 21.0. The van der Waals surface area contributed by atoms with E-state index >= 15 is 0 Å². The van der Waals surface area contributed by atoms with Crippen molar-refractivity contribution in [1.29, 1.82) is 0 Å². The van der Waals surface area contributed by atoms with Crippen molar-refractivity contribution in [3.63, 3.8) is 0 Å². The standard InChI is InChI=1S/C23H22Cl2N2O2/c1-2-28-23-13-18(15-27-26-14-17-7-10-20(24)11-8-17)9-12-22(23)29-16-19-5-3-4-6-21(19)25/h3-13,15,26H,2,14,16H2,1H3/b27-15-. The second-order valence-electron chi connectivity index (χ2n) is 6.24. The molecule has 0 aliphatic carbocycles. The first-order chi connectivity index (χ1) is 14.2. The maximum absolute atomic E-state index is 6.20. The number of benzene rings is 3. The van der Waals surface area contributed by atoms with Gasteiger partial charge in [0.25, 0.3) is 0 Å². The molecule has 0 aliphatic rings. The zero-order valence-corrected chi connectivity index (χ0v) is 17.6. The highest BCUT2D eigenvalue weighted by Crippen LogP contribution is 2.29. The van der Waals surface area contributed by atoms with E-state index in [1.807, 2.05) is 73.7 Å². The number of ether oxygens (including phenoxy) is 2. The Morgan fingerprint density at radius 3 is 2.48 bits per heavy atom. The number of hydrazone groups is 1. The Morgan fingerprint density at radius 1 is 0.931 bits per heavy atom. The summed E-state index contributed by atoms with van der Waals surface area (Å²) in [7, 11) is 0. The number of nitrogens with one attached hydrogen (secondary N) is 1. The van der Waals surface area contributed by atoms with Crippen molar-refractivity contribution in [2.45, 2.75) is 20.1 Å². The van der Waals surface area contributed by atoms with E-state index < -0.39 is 0 Å². The number of halogens is 2. The highest BCUT2D eigenvalue weighted by molar-refractivity contribution is 6.31. The van der Waals surface area contributed by atoms with Crippen molar-refractivity contribution < 1.29 is 9.47 Å². The van der Waals surface area contributed by atoms with Gasteiger partial charge in [0, 0.05) is 15.6 Å². The van der Waals surface area contributed by atoms with Crippen LogP contribution in [-0.4, -0.2) is 12.8 Å². The Hall–Kier alpha value is -2.69. The Labute approximate surface area is 181 Å². The SMILES string of the molecule is CCOc1cc(/C=N\NCc2ccc(Cl)cc2)ccc1OCc1ccccc1Cl. The van der Waals surface area contributed by atoms with Gasteiger partial charge in [0.2, 0.25) is 0 Å². The van der Waals surface area contributed by atoms with E-state index in [-0.39, 0.29) is 0 Å². The molecule has 29 heavy (non-hydrogen) atoms. The van der Waals surface area contributed by atoms with Crippen LogP contribution in [0.15, 0.2) is 71.8 Å². The van der Waals surface area contributed by atoms with Gasteiger partial charge < -0.3 is 14.9 Å². The van der Waals surface area contributed by atoms with Crippen molar-refractivity contribution >= 4 is 29.4 Å². The molecule has 3 aromatic carbocycles. The summed E-state index contributed by atoms with van der Waals surface area (Å²) < 4.78 is 11.7. The minimum absolute atomic E-state index is 0.371. The predicted octanol–water partition coefficient (Wildman–Crippen LogP) is 6.09. The van der Waals surface area contributed by atoms with Crippen LogP contribution in [0.4, 0.5) is 0 Å². The molecule has 1 N–H and O–H groups in total. The Bertz CT molecular complexity index is 959. The summed E-state index contributed by atoms with van der Waals surface area (Å²) >= 11 is 12.1. The van der Waals surface area contributed by atoms with Crippen LogP contribution in [0, 0.1) is 0 Å². The fourth-order valence-corrected chi connectivity index (χ4v) is 2.94. The summed E-state index contributed by atoms with van der Waals surface area (Å²) in [6.45, 7) is 3.46. The largest absolute Gasteiger partial charge is 0.490 e. The predicted molar refractivity (Wildman–Crippen MR) is 119 cm³/mol. The number of rotatable bonds is 9. The van der Waals surface area contributed by atoms with Gasteiger partial charge in [-0.2, -0.15) is 5.10 Å². The van der Waals surface area contributed by atoms with Gasteiger partial charge in [-0.05, 0) is 54.4 Å². The van der Waals surface area contributed by atoms with Gasteiger partial charge in [0.15, 0.2) is 11.5 Å². The van der Waals surface area contributed by atoms with Crippen LogP contribution in [0.1, 0.15) is 23.6 Å². The minimum Gasteiger partial charge on any atom is -0.490 e. The van der Waals surface area contributed by atoms with E-state index in [0.717, 1.165) is 21.7 Å². The van der Waals surface area contributed by atoms with E-state index in [1.54, 1.807) is 6.21 Å². The summed E-state index contributed by atoms with van der Waals surface area (Å²) in [5.41, 5.74) is 5.96. The van der Waals surface area contributed by atoms with Gasteiger partial charge in [-0.1, -0.05) is 53.5 Å². The van der Waals surface area contributed by atoms with Crippen LogP contribution >= 0.6 is 23.2 Å². The molecule has 3 rings (SSSR count). The molecule has 6 heteroatoms. The fraction of sp³-hybridized carbons (Fsp3) is 0.174. The third kappa shape index (κ3) is 6.41. The average molecular weight is 429 g/mol. The van der Waals surface area contributed by atoms with E-state index in [1.165, 1.54) is 0 Å². The van der Waals surface area contributed by atoms with Crippen LogP contribution in [0.2, 0.25) is 10.0 Å². The maximum Gasteiger partial charge on any atom is 0.161 e. The average Bonchev–Trinajstić information content (AvgIpc) is 2.73. The van der Waals surface area contributed by atoms with Gasteiger partial charge in [-0.25, -0.2) is 0 Å². The highest BCUT2D eigenvalue weighted by atomic mass is 35.5. The van der Waals surface area contributed by atoms with Crippen molar-refractivity contribution in [1.82, 2.24) is 5.43 Å². The molecular weight excluding hydrogens is 407 g/mol. The Morgan fingerprint density at radius 2 is 1.72 bits per heavy atom. The van der Waals surface area contributed by atoms with Gasteiger partial charge in [0.1, 0.15) is 6.61 Å². The molecule has 0 atom stereocenters. The molecule has 0 heterocycles. The zero-order chi connectivity index (χ0) is 20.5. The fourth-order valence-electron chi connectivity index (χ4n) is 2.62. The molecule has 3 aromatic rings. The van der Waals surface area contributed by atoms with E-state index in [4.69, 9.17) is 32.7 Å². The summed E-state index contributed by atoms with van der Waals surface area (Å²) in [6, 6.07) is 21.0. The molecule has 4 nitrogen and oxygen atoms in total. The lowest BCUT2D eigenvalue weighted by Crippen LogP contribution is -2.05. The molecule has 0 amide bonds. The van der Waals surface area contributed by atoms with Crippen LogP contribution in [0.25, 0.3) is 0 Å². The van der Waals surface area contributed by atoms with Crippen molar-refractivity contribution in [3.8, 4) is 11.5 Å². The van der Waals surface area contributed by atoms with Gasteiger partial charge in [-0.3, -0.25) is 0 Å². The summed E-state index contributed by atoms with van der Waals surface area (Å²) in [5.74, 6) is 1.33. The highest BCUT2D eigenvalue weighted by Gasteiger charge is 2.08. The van der Waals surface area contributed by atoms with Crippen LogP contribution in [0.3, 0.4) is 0 Å². The lowest BCUT2D eigenvalue weighted by Gasteiger charge is -2.13. The van der Waals surface area contributed by atoms with Gasteiger partial charge in [-0.15, -0.1) is 0 Å². The quantitative estimate of drug-likeness (QED) is 0.330. The molecule has 150 valence electrons. The lowest BCUT2D eigenvalue weighted by atomic mass is 10.2. The van der Waals surface area contributed by atoms with Gasteiger partial charge in [0.05, 0.1) is 19.4 Å². The Kier molecular flexibility index (Phi) is 7.79. The van der Waals surface area contributed by atoms with Gasteiger partial charge >= 0.3 is 0 Å². The number of hydrogen-bond acceptors (Lipinski definition) is 4. The summed E-state index contributed by atoms with van der Waals surface area (Å²) in [5, 5.41) is 5.68. The summed E-state index contributed by atoms with van der Waals surface area (Å²) in [4.78, 5) is 0. The lowest BCUT2D eigenvalue weighted by molar-refractivity contribution is 0.269. The van der Waals surface area contributed by atoms with Crippen molar-refractivity contribution in [3.05, 3.63) is 93.5 Å². The van der Waals surface area contributed by atoms with E-state index in [2.05, 4.69) is 10.5 Å². The molecule has 0 unspecified atom stereocenters. The summed E-state index contributed by atoms with van der Waals surface area (Å²) in [6.07, 6.45) is 1.75. The molecule has 0 aromatic heterocycles. The number of hydrogen-bond donors (Lipinski definition) is 1. The van der Waals surface area contributed by atoms with Crippen LogP contribution in [-0.2, 0) is 13.2 Å². The second-order valence-corrected chi connectivity index (χ2v) is 7.08. The van der Waals surface area contributed by atoms with Crippen molar-refractivity contribution in [2.24, 2.45) is 5.10 Å². The molecule has 0 radical (unpaired) electrons. The maximum atomic E-state index is 6.20. The molecule has 0 saturated carbocycles. The second kappa shape index (κ2) is 10.7. The van der Waals surface area contributed by atoms with Crippen LogP contribution in [0.5, 0.6) is 11.5 Å².